The quantitative estimate of drug-likeness (QED) is 0.798. The number of halogens is 3. The number of nitrogens with zero attached hydrogens (tertiary/aromatic N) is 1. The zero-order valence-electron chi connectivity index (χ0n) is 10.4. The van der Waals surface area contributed by atoms with E-state index in [4.69, 9.17) is 5.11 Å². The van der Waals surface area contributed by atoms with Crippen LogP contribution in [0.2, 0.25) is 0 Å². The van der Waals surface area contributed by atoms with Gasteiger partial charge in [0.1, 0.15) is 12.6 Å². The third kappa shape index (κ3) is 6.97. The predicted molar refractivity (Wildman–Crippen MR) is 58.1 cm³/mol. The SMILES string of the molecule is CC(C)CC(NC(=O)N(C)CC(F)(F)F)C(=O)O. The minimum atomic E-state index is -4.51. The van der Waals surface area contributed by atoms with Crippen LogP contribution in [0.5, 0.6) is 0 Å². The zero-order valence-corrected chi connectivity index (χ0v) is 10.4. The van der Waals surface area contributed by atoms with Gasteiger partial charge in [-0.25, -0.2) is 9.59 Å². The van der Waals surface area contributed by atoms with Crippen LogP contribution in [0.25, 0.3) is 0 Å². The van der Waals surface area contributed by atoms with E-state index in [1.54, 1.807) is 13.8 Å². The van der Waals surface area contributed by atoms with Crippen LogP contribution in [-0.4, -0.2) is 47.8 Å². The van der Waals surface area contributed by atoms with Crippen molar-refractivity contribution >= 4 is 12.0 Å². The summed E-state index contributed by atoms with van der Waals surface area (Å²) in [4.78, 5) is 22.6. The van der Waals surface area contributed by atoms with Crippen molar-refractivity contribution in [1.82, 2.24) is 10.2 Å². The topological polar surface area (TPSA) is 69.6 Å². The van der Waals surface area contributed by atoms with Crippen molar-refractivity contribution in [2.75, 3.05) is 13.6 Å². The Morgan fingerprint density at radius 2 is 1.83 bits per heavy atom. The largest absolute Gasteiger partial charge is 0.480 e. The number of alkyl halides is 3. The number of carbonyl (C=O) groups excluding carboxylic acids is 1. The highest BCUT2D eigenvalue weighted by molar-refractivity contribution is 5.82. The highest BCUT2D eigenvalue weighted by atomic mass is 19.4. The van der Waals surface area contributed by atoms with Gasteiger partial charge in [0.25, 0.3) is 0 Å². The van der Waals surface area contributed by atoms with Crippen molar-refractivity contribution in [2.24, 2.45) is 5.92 Å². The molecule has 0 fully saturated rings. The fraction of sp³-hybridized carbons (Fsp3) is 0.800. The molecule has 0 aliphatic rings. The van der Waals surface area contributed by atoms with E-state index in [-0.39, 0.29) is 12.3 Å². The Balaban J connectivity index is 4.46. The van der Waals surface area contributed by atoms with E-state index in [2.05, 4.69) is 5.32 Å². The first-order chi connectivity index (χ1) is 8.03. The molecule has 2 amide bonds. The minimum Gasteiger partial charge on any atom is -0.480 e. The van der Waals surface area contributed by atoms with Crippen molar-refractivity contribution in [3.05, 3.63) is 0 Å². The first-order valence-electron chi connectivity index (χ1n) is 5.34. The molecule has 8 heteroatoms. The van der Waals surface area contributed by atoms with Gasteiger partial charge in [0, 0.05) is 7.05 Å². The molecular formula is C10H17F3N2O3. The van der Waals surface area contributed by atoms with Gasteiger partial charge < -0.3 is 15.3 Å². The smallest absolute Gasteiger partial charge is 0.406 e. The highest BCUT2D eigenvalue weighted by Gasteiger charge is 2.32. The second-order valence-corrected chi connectivity index (χ2v) is 4.44. The molecule has 18 heavy (non-hydrogen) atoms. The summed E-state index contributed by atoms with van der Waals surface area (Å²) < 4.78 is 36.1. The molecule has 0 heterocycles. The number of urea groups is 1. The minimum absolute atomic E-state index is 0.000628. The first kappa shape index (κ1) is 16.5. The highest BCUT2D eigenvalue weighted by Crippen LogP contribution is 2.15. The van der Waals surface area contributed by atoms with Crippen LogP contribution in [0.1, 0.15) is 20.3 Å². The lowest BCUT2D eigenvalue weighted by molar-refractivity contribution is -0.140. The van der Waals surface area contributed by atoms with E-state index in [1.165, 1.54) is 0 Å². The molecule has 0 aromatic rings. The molecular weight excluding hydrogens is 253 g/mol. The normalized spacial score (nSPS) is 13.3. The van der Waals surface area contributed by atoms with Gasteiger partial charge >= 0.3 is 18.2 Å². The van der Waals surface area contributed by atoms with E-state index in [9.17, 15) is 22.8 Å². The summed E-state index contributed by atoms with van der Waals surface area (Å²) in [5.74, 6) is -1.27. The Labute approximate surface area is 103 Å². The summed E-state index contributed by atoms with van der Waals surface area (Å²) in [6.07, 6.45) is -4.36. The fourth-order valence-electron chi connectivity index (χ4n) is 1.29. The average Bonchev–Trinajstić information content (AvgIpc) is 2.12. The maximum atomic E-state index is 12.0. The number of aliphatic carboxylic acids is 1. The molecule has 1 atom stereocenters. The molecule has 0 aromatic carbocycles. The Kier molecular flexibility index (Phi) is 5.93. The fourth-order valence-corrected chi connectivity index (χ4v) is 1.29. The first-order valence-corrected chi connectivity index (χ1v) is 5.34. The van der Waals surface area contributed by atoms with Crippen LogP contribution in [0.15, 0.2) is 0 Å². The summed E-state index contributed by atoms with van der Waals surface area (Å²) in [5.41, 5.74) is 0. The number of carbonyl (C=O) groups is 2. The van der Waals surface area contributed by atoms with Crippen molar-refractivity contribution in [3.63, 3.8) is 0 Å². The van der Waals surface area contributed by atoms with Gasteiger partial charge in [-0.1, -0.05) is 13.8 Å². The van der Waals surface area contributed by atoms with Crippen LogP contribution in [-0.2, 0) is 4.79 Å². The molecule has 0 saturated heterocycles. The molecule has 0 rings (SSSR count). The summed E-state index contributed by atoms with van der Waals surface area (Å²) in [7, 11) is 0.955. The van der Waals surface area contributed by atoms with Crippen molar-refractivity contribution in [2.45, 2.75) is 32.5 Å². The van der Waals surface area contributed by atoms with Crippen molar-refractivity contribution in [1.29, 1.82) is 0 Å². The summed E-state index contributed by atoms with van der Waals surface area (Å²) in [5, 5.41) is 10.9. The van der Waals surface area contributed by atoms with Gasteiger partial charge in [-0.2, -0.15) is 13.2 Å². The van der Waals surface area contributed by atoms with Gasteiger partial charge in [0.15, 0.2) is 0 Å². The van der Waals surface area contributed by atoms with E-state index in [0.717, 1.165) is 7.05 Å². The molecule has 0 radical (unpaired) electrons. The number of rotatable bonds is 5. The van der Waals surface area contributed by atoms with E-state index in [1.807, 2.05) is 0 Å². The standard InChI is InChI=1S/C10H17F3N2O3/c1-6(2)4-7(8(16)17)14-9(18)15(3)5-10(11,12)13/h6-7H,4-5H2,1-3H3,(H,14,18)(H,16,17). The van der Waals surface area contributed by atoms with E-state index in [0.29, 0.717) is 4.90 Å². The van der Waals surface area contributed by atoms with E-state index >= 15 is 0 Å². The van der Waals surface area contributed by atoms with Gasteiger partial charge in [-0.15, -0.1) is 0 Å². The number of carboxylic acids is 1. The number of carboxylic acid groups (broad SMARTS) is 1. The third-order valence-electron chi connectivity index (χ3n) is 2.07. The van der Waals surface area contributed by atoms with Crippen LogP contribution < -0.4 is 5.32 Å². The van der Waals surface area contributed by atoms with Crippen LogP contribution >= 0.6 is 0 Å². The second-order valence-electron chi connectivity index (χ2n) is 4.44. The Morgan fingerprint density at radius 1 is 1.33 bits per heavy atom. The molecule has 0 aliphatic carbocycles. The predicted octanol–water partition coefficient (Wildman–Crippen LogP) is 1.69. The molecule has 0 spiro atoms. The molecule has 106 valence electrons. The molecule has 0 bridgehead atoms. The van der Waals surface area contributed by atoms with E-state index < -0.39 is 30.8 Å². The maximum Gasteiger partial charge on any atom is 0.406 e. The number of amides is 2. The van der Waals surface area contributed by atoms with Gasteiger partial charge in [0.05, 0.1) is 0 Å². The van der Waals surface area contributed by atoms with Crippen LogP contribution in [0.3, 0.4) is 0 Å². The van der Waals surface area contributed by atoms with Crippen molar-refractivity contribution < 1.29 is 27.9 Å². The summed E-state index contributed by atoms with van der Waals surface area (Å²) in [6, 6.07) is -2.24. The van der Waals surface area contributed by atoms with Gasteiger partial charge in [0.2, 0.25) is 0 Å². The number of hydrogen-bond donors (Lipinski definition) is 2. The van der Waals surface area contributed by atoms with Crippen LogP contribution in [0.4, 0.5) is 18.0 Å². The monoisotopic (exact) mass is 270 g/mol. The number of hydrogen-bond acceptors (Lipinski definition) is 2. The lowest BCUT2D eigenvalue weighted by Gasteiger charge is -2.23. The molecule has 2 N–H and O–H groups in total. The summed E-state index contributed by atoms with van der Waals surface area (Å²) >= 11 is 0. The van der Waals surface area contributed by atoms with Crippen LogP contribution in [0, 0.1) is 5.92 Å². The Bertz CT molecular complexity index is 305. The Hall–Kier alpha value is -1.47. The molecule has 0 aliphatic heterocycles. The second kappa shape index (κ2) is 6.46. The molecule has 1 unspecified atom stereocenters. The summed E-state index contributed by atoms with van der Waals surface area (Å²) in [6.45, 7) is 2.08. The van der Waals surface area contributed by atoms with Gasteiger partial charge in [-0.05, 0) is 12.3 Å². The number of nitrogens with one attached hydrogen (secondary N) is 1. The van der Waals surface area contributed by atoms with Crippen molar-refractivity contribution in [3.8, 4) is 0 Å². The third-order valence-corrected chi connectivity index (χ3v) is 2.07. The Morgan fingerprint density at radius 3 is 2.17 bits per heavy atom. The maximum absolute atomic E-state index is 12.0. The lowest BCUT2D eigenvalue weighted by atomic mass is 10.0. The lowest BCUT2D eigenvalue weighted by Crippen LogP contribution is -2.49. The molecule has 0 saturated carbocycles. The zero-order chi connectivity index (χ0) is 14.5. The molecule has 5 nitrogen and oxygen atoms in total. The molecule has 0 aromatic heterocycles. The van der Waals surface area contributed by atoms with Gasteiger partial charge in [-0.3, -0.25) is 0 Å². The average molecular weight is 270 g/mol.